The topological polar surface area (TPSA) is 64.1 Å². The van der Waals surface area contributed by atoms with E-state index in [1.807, 2.05) is 30.3 Å². The SMILES string of the molecule is CN=C(NCCC(C)c1ccc(OC)cc1)NCc1ccc(OC)cc1OC.I. The van der Waals surface area contributed by atoms with Crippen molar-refractivity contribution >= 4 is 29.9 Å². The Morgan fingerprint density at radius 3 is 2.17 bits per heavy atom. The lowest BCUT2D eigenvalue weighted by Gasteiger charge is -2.16. The predicted octanol–water partition coefficient (Wildman–Crippen LogP) is 4.19. The molecule has 0 radical (unpaired) electrons. The maximum Gasteiger partial charge on any atom is 0.191 e. The van der Waals surface area contributed by atoms with Gasteiger partial charge in [-0.05, 0) is 42.2 Å². The lowest BCUT2D eigenvalue weighted by molar-refractivity contribution is 0.390. The average molecular weight is 513 g/mol. The molecule has 0 heterocycles. The summed E-state index contributed by atoms with van der Waals surface area (Å²) in [6, 6.07) is 14.0. The molecule has 0 saturated heterocycles. The Morgan fingerprint density at radius 1 is 0.931 bits per heavy atom. The molecule has 0 saturated carbocycles. The number of nitrogens with zero attached hydrogens (tertiary/aromatic N) is 1. The monoisotopic (exact) mass is 513 g/mol. The van der Waals surface area contributed by atoms with Crippen molar-refractivity contribution < 1.29 is 14.2 Å². The molecule has 2 aromatic carbocycles. The molecular formula is C22H32IN3O3. The van der Waals surface area contributed by atoms with E-state index in [4.69, 9.17) is 14.2 Å². The van der Waals surface area contributed by atoms with Gasteiger partial charge in [0.05, 0.1) is 21.3 Å². The van der Waals surface area contributed by atoms with E-state index in [1.54, 1.807) is 28.4 Å². The van der Waals surface area contributed by atoms with Crippen LogP contribution in [0.5, 0.6) is 17.2 Å². The van der Waals surface area contributed by atoms with E-state index in [0.717, 1.165) is 41.7 Å². The molecule has 160 valence electrons. The van der Waals surface area contributed by atoms with Crippen molar-refractivity contribution in [2.45, 2.75) is 25.8 Å². The number of hydrogen-bond acceptors (Lipinski definition) is 4. The third kappa shape index (κ3) is 7.64. The highest BCUT2D eigenvalue weighted by Crippen LogP contribution is 2.24. The number of nitrogens with one attached hydrogen (secondary N) is 2. The van der Waals surface area contributed by atoms with Gasteiger partial charge in [0.1, 0.15) is 17.2 Å². The molecule has 1 atom stereocenters. The fraction of sp³-hybridized carbons (Fsp3) is 0.409. The quantitative estimate of drug-likeness (QED) is 0.299. The number of aliphatic imine (C=N–C) groups is 1. The van der Waals surface area contributed by atoms with Gasteiger partial charge in [-0.25, -0.2) is 0 Å². The first-order valence-electron chi connectivity index (χ1n) is 9.40. The van der Waals surface area contributed by atoms with Crippen LogP contribution in [0, 0.1) is 0 Å². The van der Waals surface area contributed by atoms with E-state index in [9.17, 15) is 0 Å². The highest BCUT2D eigenvalue weighted by molar-refractivity contribution is 14.0. The molecule has 0 fully saturated rings. The van der Waals surface area contributed by atoms with Crippen LogP contribution in [0.2, 0.25) is 0 Å². The number of benzene rings is 2. The van der Waals surface area contributed by atoms with E-state index in [0.29, 0.717) is 12.5 Å². The molecular weight excluding hydrogens is 481 g/mol. The Hall–Kier alpha value is -2.16. The van der Waals surface area contributed by atoms with Crippen molar-refractivity contribution in [3.63, 3.8) is 0 Å². The van der Waals surface area contributed by atoms with Crippen LogP contribution in [0.25, 0.3) is 0 Å². The van der Waals surface area contributed by atoms with Crippen LogP contribution in [0.3, 0.4) is 0 Å². The zero-order valence-corrected chi connectivity index (χ0v) is 20.2. The molecule has 0 amide bonds. The standard InChI is InChI=1S/C22H31N3O3.HI/c1-16(17-6-9-19(26-3)10-7-17)12-13-24-22(23-2)25-15-18-8-11-20(27-4)14-21(18)28-5;/h6-11,14,16H,12-13,15H2,1-5H3,(H2,23,24,25);1H. The highest BCUT2D eigenvalue weighted by Gasteiger charge is 2.08. The Balaban J connectivity index is 0.00000420. The maximum atomic E-state index is 5.44. The Labute approximate surface area is 191 Å². The second kappa shape index (κ2) is 13.1. The number of guanidine groups is 1. The van der Waals surface area contributed by atoms with Crippen molar-refractivity contribution in [1.82, 2.24) is 10.6 Å². The van der Waals surface area contributed by atoms with Gasteiger partial charge in [-0.2, -0.15) is 0 Å². The molecule has 29 heavy (non-hydrogen) atoms. The lowest BCUT2D eigenvalue weighted by atomic mass is 9.98. The van der Waals surface area contributed by atoms with Gasteiger partial charge < -0.3 is 24.8 Å². The molecule has 0 aliphatic rings. The molecule has 7 heteroatoms. The molecule has 0 aromatic heterocycles. The van der Waals surface area contributed by atoms with Crippen molar-refractivity contribution in [2.24, 2.45) is 4.99 Å². The minimum Gasteiger partial charge on any atom is -0.497 e. The Morgan fingerprint density at radius 2 is 1.59 bits per heavy atom. The van der Waals surface area contributed by atoms with E-state index >= 15 is 0 Å². The van der Waals surface area contributed by atoms with Crippen LogP contribution < -0.4 is 24.8 Å². The fourth-order valence-corrected chi connectivity index (χ4v) is 2.90. The molecule has 2 N–H and O–H groups in total. The summed E-state index contributed by atoms with van der Waals surface area (Å²) < 4.78 is 15.9. The minimum absolute atomic E-state index is 0. The van der Waals surface area contributed by atoms with Gasteiger partial charge in [-0.3, -0.25) is 4.99 Å². The summed E-state index contributed by atoms with van der Waals surface area (Å²) in [4.78, 5) is 4.30. The van der Waals surface area contributed by atoms with Crippen LogP contribution in [0.1, 0.15) is 30.4 Å². The number of ether oxygens (including phenoxy) is 3. The molecule has 0 aliphatic heterocycles. The predicted molar refractivity (Wildman–Crippen MR) is 129 cm³/mol. The number of halogens is 1. The lowest BCUT2D eigenvalue weighted by Crippen LogP contribution is -2.37. The third-order valence-corrected chi connectivity index (χ3v) is 4.72. The van der Waals surface area contributed by atoms with Gasteiger partial charge in [0, 0.05) is 31.8 Å². The van der Waals surface area contributed by atoms with Gasteiger partial charge in [0.2, 0.25) is 0 Å². The van der Waals surface area contributed by atoms with Gasteiger partial charge in [-0.15, -0.1) is 24.0 Å². The summed E-state index contributed by atoms with van der Waals surface area (Å²) in [5.41, 5.74) is 2.34. The normalized spacial score (nSPS) is 11.8. The fourth-order valence-electron chi connectivity index (χ4n) is 2.90. The maximum absolute atomic E-state index is 5.44. The van der Waals surface area contributed by atoms with Crippen LogP contribution in [-0.4, -0.2) is 40.9 Å². The van der Waals surface area contributed by atoms with Crippen molar-refractivity contribution in [1.29, 1.82) is 0 Å². The number of methoxy groups -OCH3 is 3. The van der Waals surface area contributed by atoms with Gasteiger partial charge in [-0.1, -0.05) is 19.1 Å². The summed E-state index contributed by atoms with van der Waals surface area (Å²) in [6.45, 7) is 3.66. The number of rotatable bonds is 9. The van der Waals surface area contributed by atoms with E-state index < -0.39 is 0 Å². The highest BCUT2D eigenvalue weighted by atomic mass is 127. The summed E-state index contributed by atoms with van der Waals surface area (Å²) in [5, 5.41) is 6.70. The number of hydrogen-bond donors (Lipinski definition) is 2. The van der Waals surface area contributed by atoms with Crippen molar-refractivity contribution in [3.8, 4) is 17.2 Å². The molecule has 2 aromatic rings. The second-order valence-corrected chi connectivity index (χ2v) is 6.49. The zero-order chi connectivity index (χ0) is 20.4. The summed E-state index contributed by atoms with van der Waals surface area (Å²) in [5.74, 6) is 3.65. The summed E-state index contributed by atoms with van der Waals surface area (Å²) in [7, 11) is 6.76. The molecule has 6 nitrogen and oxygen atoms in total. The largest absolute Gasteiger partial charge is 0.497 e. The van der Waals surface area contributed by atoms with Crippen molar-refractivity contribution in [3.05, 3.63) is 53.6 Å². The Kier molecular flexibility index (Phi) is 11.3. The molecule has 0 spiro atoms. The van der Waals surface area contributed by atoms with Crippen LogP contribution in [-0.2, 0) is 6.54 Å². The molecule has 0 bridgehead atoms. The second-order valence-electron chi connectivity index (χ2n) is 6.49. The van der Waals surface area contributed by atoms with Crippen LogP contribution >= 0.6 is 24.0 Å². The zero-order valence-electron chi connectivity index (χ0n) is 17.8. The third-order valence-electron chi connectivity index (χ3n) is 4.72. The van der Waals surface area contributed by atoms with Gasteiger partial charge in [0.25, 0.3) is 0 Å². The van der Waals surface area contributed by atoms with Gasteiger partial charge >= 0.3 is 0 Å². The van der Waals surface area contributed by atoms with Crippen LogP contribution in [0.15, 0.2) is 47.5 Å². The van der Waals surface area contributed by atoms with Gasteiger partial charge in [0.15, 0.2) is 5.96 Å². The van der Waals surface area contributed by atoms with Crippen LogP contribution in [0.4, 0.5) is 0 Å². The first kappa shape index (κ1) is 24.9. The summed E-state index contributed by atoms with van der Waals surface area (Å²) >= 11 is 0. The average Bonchev–Trinajstić information content (AvgIpc) is 2.75. The minimum atomic E-state index is 0. The van der Waals surface area contributed by atoms with E-state index in [-0.39, 0.29) is 24.0 Å². The smallest absolute Gasteiger partial charge is 0.191 e. The van der Waals surface area contributed by atoms with Crippen molar-refractivity contribution in [2.75, 3.05) is 34.9 Å². The van der Waals surface area contributed by atoms with E-state index in [2.05, 4.69) is 34.7 Å². The molecule has 1 unspecified atom stereocenters. The molecule has 2 rings (SSSR count). The first-order valence-corrected chi connectivity index (χ1v) is 9.40. The molecule has 0 aliphatic carbocycles. The van der Waals surface area contributed by atoms with E-state index in [1.165, 1.54) is 5.56 Å². The first-order chi connectivity index (χ1) is 13.6. The Bertz CT molecular complexity index is 766. The summed E-state index contributed by atoms with van der Waals surface area (Å²) in [6.07, 6.45) is 0.999.